The van der Waals surface area contributed by atoms with Crippen LogP contribution in [-0.4, -0.2) is 14.9 Å². The first-order valence-electron chi connectivity index (χ1n) is 5.83. The van der Waals surface area contributed by atoms with E-state index in [9.17, 15) is 5.11 Å². The maximum atomic E-state index is 9.88. The summed E-state index contributed by atoms with van der Waals surface area (Å²) in [6, 6.07) is 0. The quantitative estimate of drug-likeness (QED) is 0.811. The molecule has 3 nitrogen and oxygen atoms in total. The fraction of sp³-hybridized carbons (Fsp3) is 0.750. The van der Waals surface area contributed by atoms with E-state index < -0.39 is 0 Å². The molecular weight excluding hydrogens is 188 g/mol. The molecule has 1 rings (SSSR count). The highest BCUT2D eigenvalue weighted by atomic mass is 16.3. The van der Waals surface area contributed by atoms with Crippen molar-refractivity contribution in [2.45, 2.75) is 59.6 Å². The van der Waals surface area contributed by atoms with Crippen molar-refractivity contribution < 1.29 is 5.11 Å². The van der Waals surface area contributed by atoms with Gasteiger partial charge in [0.1, 0.15) is 0 Å². The van der Waals surface area contributed by atoms with E-state index in [0.717, 1.165) is 36.3 Å². The van der Waals surface area contributed by atoms with Crippen LogP contribution in [0.5, 0.6) is 0 Å². The molecule has 1 aromatic rings. The van der Waals surface area contributed by atoms with Gasteiger partial charge in [-0.15, -0.1) is 0 Å². The second-order valence-electron chi connectivity index (χ2n) is 4.09. The molecule has 15 heavy (non-hydrogen) atoms. The number of aryl methyl sites for hydroxylation is 2. The van der Waals surface area contributed by atoms with E-state index >= 15 is 0 Å². The molecule has 0 aliphatic carbocycles. The topological polar surface area (TPSA) is 38.0 Å². The molecule has 0 aliphatic rings. The summed E-state index contributed by atoms with van der Waals surface area (Å²) < 4.78 is 2.02. The summed E-state index contributed by atoms with van der Waals surface area (Å²) in [5.41, 5.74) is 3.11. The molecule has 1 N–H and O–H groups in total. The minimum absolute atomic E-state index is 0.361. The van der Waals surface area contributed by atoms with Gasteiger partial charge in [-0.25, -0.2) is 0 Å². The molecule has 0 spiro atoms. The monoisotopic (exact) mass is 210 g/mol. The van der Waals surface area contributed by atoms with Crippen molar-refractivity contribution in [3.05, 3.63) is 17.0 Å². The molecular formula is C12H22N2O. The summed E-state index contributed by atoms with van der Waals surface area (Å²) in [6.45, 7) is 9.15. The number of unbranched alkanes of at least 4 members (excludes halogenated alkanes) is 1. The largest absolute Gasteiger partial charge is 0.388 e. The molecule has 0 saturated heterocycles. The van der Waals surface area contributed by atoms with Gasteiger partial charge in [0, 0.05) is 17.8 Å². The van der Waals surface area contributed by atoms with Gasteiger partial charge in [0.05, 0.1) is 11.8 Å². The first-order valence-corrected chi connectivity index (χ1v) is 5.83. The lowest BCUT2D eigenvalue weighted by Crippen LogP contribution is -2.04. The first-order chi connectivity index (χ1) is 7.11. The van der Waals surface area contributed by atoms with Crippen LogP contribution in [0.15, 0.2) is 0 Å². The summed E-state index contributed by atoms with van der Waals surface area (Å²) in [7, 11) is 0. The van der Waals surface area contributed by atoms with E-state index in [1.807, 2.05) is 25.5 Å². The number of hydrogen-bond acceptors (Lipinski definition) is 2. The van der Waals surface area contributed by atoms with E-state index in [0.29, 0.717) is 0 Å². The van der Waals surface area contributed by atoms with Crippen LogP contribution in [0.3, 0.4) is 0 Å². The lowest BCUT2D eigenvalue weighted by molar-refractivity contribution is 0.172. The normalized spacial score (nSPS) is 13.1. The Morgan fingerprint density at radius 2 is 2.00 bits per heavy atom. The van der Waals surface area contributed by atoms with Crippen LogP contribution in [0, 0.1) is 13.8 Å². The maximum absolute atomic E-state index is 9.88. The Hall–Kier alpha value is -0.830. The zero-order valence-electron chi connectivity index (χ0n) is 10.2. The molecule has 1 aromatic heterocycles. The van der Waals surface area contributed by atoms with E-state index in [4.69, 9.17) is 0 Å². The zero-order chi connectivity index (χ0) is 11.4. The van der Waals surface area contributed by atoms with Gasteiger partial charge in [-0.1, -0.05) is 20.3 Å². The summed E-state index contributed by atoms with van der Waals surface area (Å²) >= 11 is 0. The highest BCUT2D eigenvalue weighted by molar-refractivity contribution is 5.26. The van der Waals surface area contributed by atoms with Crippen LogP contribution in [0.2, 0.25) is 0 Å². The molecule has 1 atom stereocenters. The van der Waals surface area contributed by atoms with Crippen LogP contribution >= 0.6 is 0 Å². The Balaban J connectivity index is 2.93. The Bertz CT molecular complexity index is 318. The molecule has 1 heterocycles. The predicted molar refractivity (Wildman–Crippen MR) is 61.9 cm³/mol. The third-order valence-corrected chi connectivity index (χ3v) is 2.88. The van der Waals surface area contributed by atoms with Gasteiger partial charge in [0.15, 0.2) is 0 Å². The number of rotatable bonds is 5. The zero-order valence-corrected chi connectivity index (χ0v) is 10.2. The van der Waals surface area contributed by atoms with Gasteiger partial charge in [0.25, 0.3) is 0 Å². The molecule has 0 aromatic carbocycles. The summed E-state index contributed by atoms with van der Waals surface area (Å²) in [4.78, 5) is 0. The van der Waals surface area contributed by atoms with E-state index in [2.05, 4.69) is 12.0 Å². The molecule has 1 unspecified atom stereocenters. The Labute approximate surface area is 92.1 Å². The summed E-state index contributed by atoms with van der Waals surface area (Å²) in [6.07, 6.45) is 2.70. The molecule has 0 aliphatic heterocycles. The van der Waals surface area contributed by atoms with Gasteiger partial charge in [-0.3, -0.25) is 4.68 Å². The number of nitrogens with zero attached hydrogens (tertiary/aromatic N) is 2. The second kappa shape index (κ2) is 5.31. The smallest absolute Gasteiger partial charge is 0.0823 e. The molecule has 0 saturated carbocycles. The van der Waals surface area contributed by atoms with Crippen molar-refractivity contribution in [3.8, 4) is 0 Å². The average molecular weight is 210 g/mol. The third-order valence-electron chi connectivity index (χ3n) is 2.88. The summed E-state index contributed by atoms with van der Waals surface area (Å²) in [5.74, 6) is 0. The lowest BCUT2D eigenvalue weighted by Gasteiger charge is -2.08. The molecule has 0 amide bonds. The third kappa shape index (κ3) is 2.59. The Kier molecular flexibility index (Phi) is 4.33. The molecule has 0 radical (unpaired) electrons. The maximum Gasteiger partial charge on any atom is 0.0823 e. The van der Waals surface area contributed by atoms with Gasteiger partial charge in [-0.2, -0.15) is 5.10 Å². The van der Waals surface area contributed by atoms with Gasteiger partial charge >= 0.3 is 0 Å². The second-order valence-corrected chi connectivity index (χ2v) is 4.09. The van der Waals surface area contributed by atoms with Crippen LogP contribution in [-0.2, 0) is 6.54 Å². The van der Waals surface area contributed by atoms with Crippen LogP contribution < -0.4 is 0 Å². The highest BCUT2D eigenvalue weighted by Gasteiger charge is 2.16. The molecule has 0 fully saturated rings. The lowest BCUT2D eigenvalue weighted by atomic mass is 10.1. The highest BCUT2D eigenvalue weighted by Crippen LogP contribution is 2.23. The van der Waals surface area contributed by atoms with Gasteiger partial charge in [0.2, 0.25) is 0 Å². The predicted octanol–water partition coefficient (Wildman–Crippen LogP) is 2.74. The van der Waals surface area contributed by atoms with Crippen LogP contribution in [0.25, 0.3) is 0 Å². The van der Waals surface area contributed by atoms with E-state index in [-0.39, 0.29) is 6.10 Å². The van der Waals surface area contributed by atoms with Gasteiger partial charge < -0.3 is 5.11 Å². The van der Waals surface area contributed by atoms with Crippen LogP contribution in [0.1, 0.15) is 56.2 Å². The number of aliphatic hydroxyl groups excluding tert-OH is 1. The fourth-order valence-corrected chi connectivity index (χ4v) is 1.92. The van der Waals surface area contributed by atoms with Crippen molar-refractivity contribution in [1.82, 2.24) is 9.78 Å². The van der Waals surface area contributed by atoms with Crippen molar-refractivity contribution in [2.24, 2.45) is 0 Å². The number of aliphatic hydroxyl groups is 1. The average Bonchev–Trinajstić information content (AvgIpc) is 2.50. The van der Waals surface area contributed by atoms with Crippen molar-refractivity contribution in [3.63, 3.8) is 0 Å². The molecule has 86 valence electrons. The Morgan fingerprint density at radius 1 is 1.33 bits per heavy atom. The van der Waals surface area contributed by atoms with Crippen molar-refractivity contribution in [1.29, 1.82) is 0 Å². The Morgan fingerprint density at radius 3 is 2.53 bits per heavy atom. The van der Waals surface area contributed by atoms with Crippen molar-refractivity contribution >= 4 is 0 Å². The van der Waals surface area contributed by atoms with Crippen molar-refractivity contribution in [2.75, 3.05) is 0 Å². The first kappa shape index (κ1) is 12.2. The SMILES string of the molecule is CCCCn1nc(C)c(C(O)CC)c1C. The van der Waals surface area contributed by atoms with Crippen LogP contribution in [0.4, 0.5) is 0 Å². The minimum Gasteiger partial charge on any atom is -0.388 e. The van der Waals surface area contributed by atoms with Gasteiger partial charge in [-0.05, 0) is 26.7 Å². The number of aromatic nitrogens is 2. The minimum atomic E-state index is -0.361. The van der Waals surface area contributed by atoms with E-state index in [1.165, 1.54) is 6.42 Å². The summed E-state index contributed by atoms with van der Waals surface area (Å²) in [5, 5.41) is 14.3. The molecule has 0 bridgehead atoms. The number of hydrogen-bond donors (Lipinski definition) is 1. The fourth-order valence-electron chi connectivity index (χ4n) is 1.92. The molecule has 3 heteroatoms. The van der Waals surface area contributed by atoms with E-state index in [1.54, 1.807) is 0 Å². The standard InChI is InChI=1S/C12H22N2O/c1-5-7-8-14-10(4)12(9(3)13-14)11(15)6-2/h11,15H,5-8H2,1-4H3.